The van der Waals surface area contributed by atoms with Crippen LogP contribution in [0.3, 0.4) is 0 Å². The predicted molar refractivity (Wildman–Crippen MR) is 352 cm³/mol. The average molecular weight is 1120 g/mol. The monoisotopic (exact) mass is 1120 g/mol. The molecular formula is C75H120O6. The number of ether oxygens (including phenoxy) is 3. The van der Waals surface area contributed by atoms with E-state index in [9.17, 15) is 14.4 Å². The normalized spacial score (nSPS) is 13.2. The fraction of sp³-hybridized carbons (Fsp3) is 0.613. The number of carbonyl (C=O) groups excluding carboxylic acids is 3. The van der Waals surface area contributed by atoms with Gasteiger partial charge >= 0.3 is 17.9 Å². The summed E-state index contributed by atoms with van der Waals surface area (Å²) in [6, 6.07) is 0. The van der Waals surface area contributed by atoms with Crippen molar-refractivity contribution in [1.29, 1.82) is 0 Å². The van der Waals surface area contributed by atoms with Crippen LogP contribution >= 0.6 is 0 Å². The Kier molecular flexibility index (Phi) is 63.4. The summed E-state index contributed by atoms with van der Waals surface area (Å²) < 4.78 is 16.8. The highest BCUT2D eigenvalue weighted by atomic mass is 16.6. The molecule has 6 nitrogen and oxygen atoms in total. The highest BCUT2D eigenvalue weighted by molar-refractivity contribution is 5.71. The fourth-order valence-electron chi connectivity index (χ4n) is 8.64. The number of carbonyl (C=O) groups is 3. The molecular weight excluding hydrogens is 997 g/mol. The summed E-state index contributed by atoms with van der Waals surface area (Å²) in [5, 5.41) is 0. The van der Waals surface area contributed by atoms with E-state index in [1.807, 2.05) is 12.2 Å². The SMILES string of the molecule is CC/C=C\C/C=C\C/C=C\C/C=C\C/C=C\C/C=C\CCCCC(=O)OC(COC(=O)CC/C=C\C/C=C\C/C=C\C/C=C\CC)COC(=O)CCCCCCCCCCCCCCCC/C=C\C/C=C\C/C=C\CCCCCCC. The predicted octanol–water partition coefficient (Wildman–Crippen LogP) is 22.9. The molecule has 0 N–H and O–H groups in total. The maximum absolute atomic E-state index is 12.9. The van der Waals surface area contributed by atoms with Crippen molar-refractivity contribution in [2.24, 2.45) is 0 Å². The van der Waals surface area contributed by atoms with Crippen LogP contribution in [0.25, 0.3) is 0 Å². The molecule has 0 aliphatic carbocycles. The molecule has 0 aromatic heterocycles. The zero-order chi connectivity index (χ0) is 58.5. The number of allylic oxidation sites excluding steroid dienone is 26. The molecule has 0 aliphatic heterocycles. The first-order valence-electron chi connectivity index (χ1n) is 33.0. The minimum atomic E-state index is -0.839. The Morgan fingerprint density at radius 2 is 0.506 bits per heavy atom. The van der Waals surface area contributed by atoms with E-state index in [4.69, 9.17) is 14.2 Å². The molecule has 456 valence electrons. The minimum absolute atomic E-state index is 0.124. The van der Waals surface area contributed by atoms with Crippen LogP contribution in [0.5, 0.6) is 0 Å². The maximum atomic E-state index is 12.9. The lowest BCUT2D eigenvalue weighted by atomic mass is 10.0. The first kappa shape index (κ1) is 76.0. The van der Waals surface area contributed by atoms with Gasteiger partial charge in [-0.1, -0.05) is 281 Å². The van der Waals surface area contributed by atoms with Gasteiger partial charge < -0.3 is 14.2 Å². The molecule has 0 heterocycles. The first-order chi connectivity index (χ1) is 40.0. The van der Waals surface area contributed by atoms with Crippen molar-refractivity contribution in [3.05, 3.63) is 158 Å². The Labute approximate surface area is 499 Å². The Balaban J connectivity index is 4.40. The van der Waals surface area contributed by atoms with E-state index in [1.54, 1.807) is 0 Å². The zero-order valence-corrected chi connectivity index (χ0v) is 52.2. The lowest BCUT2D eigenvalue weighted by molar-refractivity contribution is -0.166. The Hall–Kier alpha value is -4.97. The van der Waals surface area contributed by atoms with Crippen LogP contribution in [0.4, 0.5) is 0 Å². The van der Waals surface area contributed by atoms with Crippen molar-refractivity contribution >= 4 is 17.9 Å². The number of hydrogen-bond acceptors (Lipinski definition) is 6. The van der Waals surface area contributed by atoms with Gasteiger partial charge in [0.1, 0.15) is 13.2 Å². The highest BCUT2D eigenvalue weighted by Crippen LogP contribution is 2.15. The largest absolute Gasteiger partial charge is 0.462 e. The van der Waals surface area contributed by atoms with Gasteiger partial charge in [0.15, 0.2) is 6.10 Å². The van der Waals surface area contributed by atoms with E-state index in [0.717, 1.165) is 109 Å². The van der Waals surface area contributed by atoms with Crippen LogP contribution in [0.2, 0.25) is 0 Å². The van der Waals surface area contributed by atoms with Crippen molar-refractivity contribution in [2.75, 3.05) is 13.2 Å². The van der Waals surface area contributed by atoms with Crippen LogP contribution in [0.1, 0.15) is 278 Å². The average Bonchev–Trinajstić information content (AvgIpc) is 3.46. The second-order valence-electron chi connectivity index (χ2n) is 21.3. The van der Waals surface area contributed by atoms with Gasteiger partial charge in [0.25, 0.3) is 0 Å². The Morgan fingerprint density at radius 1 is 0.259 bits per heavy atom. The van der Waals surface area contributed by atoms with Crippen molar-refractivity contribution in [1.82, 2.24) is 0 Å². The summed E-state index contributed by atoms with van der Waals surface area (Å²) in [5.74, 6) is -1.06. The quantitative estimate of drug-likeness (QED) is 0.0261. The van der Waals surface area contributed by atoms with Crippen LogP contribution in [0.15, 0.2) is 158 Å². The number of rotatable bonds is 58. The third kappa shape index (κ3) is 65.7. The number of hydrogen-bond donors (Lipinski definition) is 0. The van der Waals surface area contributed by atoms with Crippen molar-refractivity contribution in [2.45, 2.75) is 284 Å². The molecule has 0 saturated heterocycles. The van der Waals surface area contributed by atoms with Gasteiger partial charge in [-0.2, -0.15) is 0 Å². The molecule has 0 aliphatic rings. The van der Waals surface area contributed by atoms with E-state index in [-0.39, 0.29) is 44.0 Å². The molecule has 0 rings (SSSR count). The Bertz CT molecular complexity index is 1810. The smallest absolute Gasteiger partial charge is 0.306 e. The van der Waals surface area contributed by atoms with Gasteiger partial charge in [0.05, 0.1) is 0 Å². The Morgan fingerprint density at radius 3 is 0.852 bits per heavy atom. The third-order valence-corrected chi connectivity index (χ3v) is 13.5. The van der Waals surface area contributed by atoms with Gasteiger partial charge in [-0.3, -0.25) is 14.4 Å². The molecule has 0 radical (unpaired) electrons. The fourth-order valence-corrected chi connectivity index (χ4v) is 8.64. The summed E-state index contributed by atoms with van der Waals surface area (Å²) >= 11 is 0. The second kappa shape index (κ2) is 67.5. The van der Waals surface area contributed by atoms with Gasteiger partial charge in [-0.15, -0.1) is 0 Å². The van der Waals surface area contributed by atoms with E-state index < -0.39 is 6.10 Å². The highest BCUT2D eigenvalue weighted by Gasteiger charge is 2.19. The molecule has 0 aromatic carbocycles. The number of esters is 3. The van der Waals surface area contributed by atoms with Gasteiger partial charge in [-0.05, 0) is 135 Å². The topological polar surface area (TPSA) is 78.9 Å². The van der Waals surface area contributed by atoms with Crippen LogP contribution < -0.4 is 0 Å². The van der Waals surface area contributed by atoms with Crippen LogP contribution in [-0.4, -0.2) is 37.2 Å². The molecule has 0 spiro atoms. The van der Waals surface area contributed by atoms with E-state index in [1.165, 1.54) is 116 Å². The molecule has 0 fully saturated rings. The standard InChI is InChI=1S/C75H120O6/c1-4-7-10-13-16-19-22-25-27-29-31-33-34-35-36-37-38-39-40-42-43-45-47-50-53-56-59-62-65-68-74(77)80-71-72(70-79-73(76)67-64-61-58-55-52-49-24-21-18-15-12-9-6-3)81-75(78)69-66-63-60-57-54-51-48-46-44-41-32-30-28-26-23-20-17-14-11-8-5-2/h8-9,11-12,17-18,20-22,25-26,28-29,31-32,34-35,41,46,48-49,52,54,57-58,61,72H,4-7,10,13-16,19,23-24,27,30,33,36-40,42-45,47,50-51,53,55-56,59-60,62-71H2,1-3H3/b11-8-,12-9-,20-17-,21-18-,25-22-,28-26-,31-29-,35-34-,41-32-,48-46-,52-49-,57-54-,61-58-. The molecule has 6 heteroatoms. The molecule has 0 bridgehead atoms. The van der Waals surface area contributed by atoms with Gasteiger partial charge in [0, 0.05) is 19.3 Å². The van der Waals surface area contributed by atoms with Crippen LogP contribution in [-0.2, 0) is 28.6 Å². The first-order valence-corrected chi connectivity index (χ1v) is 33.0. The van der Waals surface area contributed by atoms with E-state index in [2.05, 4.69) is 167 Å². The lowest BCUT2D eigenvalue weighted by Crippen LogP contribution is -2.30. The molecule has 0 saturated carbocycles. The molecule has 1 unspecified atom stereocenters. The van der Waals surface area contributed by atoms with Gasteiger partial charge in [0.2, 0.25) is 0 Å². The van der Waals surface area contributed by atoms with Gasteiger partial charge in [-0.25, -0.2) is 0 Å². The number of unbranched alkanes of at least 4 members (excludes halogenated alkanes) is 21. The zero-order valence-electron chi connectivity index (χ0n) is 52.2. The summed E-state index contributed by atoms with van der Waals surface area (Å²) in [7, 11) is 0. The summed E-state index contributed by atoms with van der Waals surface area (Å²) in [5.41, 5.74) is 0. The molecule has 0 aromatic rings. The summed E-state index contributed by atoms with van der Waals surface area (Å²) in [6.07, 6.45) is 98.5. The molecule has 81 heavy (non-hydrogen) atoms. The van der Waals surface area contributed by atoms with Crippen molar-refractivity contribution in [3.8, 4) is 0 Å². The van der Waals surface area contributed by atoms with E-state index >= 15 is 0 Å². The van der Waals surface area contributed by atoms with Crippen molar-refractivity contribution < 1.29 is 28.6 Å². The van der Waals surface area contributed by atoms with Crippen LogP contribution in [0, 0.1) is 0 Å². The maximum Gasteiger partial charge on any atom is 0.306 e. The van der Waals surface area contributed by atoms with Crippen molar-refractivity contribution in [3.63, 3.8) is 0 Å². The molecule has 1 atom stereocenters. The minimum Gasteiger partial charge on any atom is -0.462 e. The second-order valence-corrected chi connectivity index (χ2v) is 21.3. The molecule has 0 amide bonds. The van der Waals surface area contributed by atoms with E-state index in [0.29, 0.717) is 19.3 Å². The summed E-state index contributed by atoms with van der Waals surface area (Å²) in [4.78, 5) is 38.3. The summed E-state index contributed by atoms with van der Waals surface area (Å²) in [6.45, 7) is 6.30. The third-order valence-electron chi connectivity index (χ3n) is 13.5. The lowest BCUT2D eigenvalue weighted by Gasteiger charge is -2.18.